The second-order valence-corrected chi connectivity index (χ2v) is 4.92. The topological polar surface area (TPSA) is 70.6 Å². The van der Waals surface area contributed by atoms with Crippen molar-refractivity contribution in [2.75, 3.05) is 6.54 Å². The van der Waals surface area contributed by atoms with Crippen LogP contribution in [0.15, 0.2) is 21.1 Å². The molecular weight excluding hydrogens is 278 g/mol. The molecule has 6 heteroatoms. The predicted octanol–water partition coefficient (Wildman–Crippen LogP) is 2.13. The summed E-state index contributed by atoms with van der Waals surface area (Å²) in [6, 6.07) is 2.04. The Morgan fingerprint density at radius 1 is 1.67 bits per heavy atom. The molecule has 0 fully saturated rings. The molecule has 0 aromatic carbocycles. The molecule has 0 unspecified atom stereocenters. The lowest BCUT2D eigenvalue weighted by molar-refractivity contribution is 0.316. The minimum Gasteiger partial charge on any atom is -0.409 e. The molecule has 0 aliphatic rings. The van der Waals surface area contributed by atoms with E-state index in [0.29, 0.717) is 6.42 Å². The fraction of sp³-hybridized carbons (Fsp3) is 0.444. The van der Waals surface area contributed by atoms with Crippen molar-refractivity contribution < 1.29 is 5.21 Å². The SMILES string of the molecule is NC(CCCNCc1sccc1Br)=NO. The summed E-state index contributed by atoms with van der Waals surface area (Å²) in [5.74, 6) is 0.286. The molecule has 0 radical (unpaired) electrons. The highest BCUT2D eigenvalue weighted by Crippen LogP contribution is 2.21. The molecule has 0 saturated heterocycles. The Kier molecular flexibility index (Phi) is 5.67. The van der Waals surface area contributed by atoms with Crippen molar-refractivity contribution in [2.45, 2.75) is 19.4 Å². The van der Waals surface area contributed by atoms with Crippen molar-refractivity contribution in [3.63, 3.8) is 0 Å². The van der Waals surface area contributed by atoms with Crippen LogP contribution < -0.4 is 11.1 Å². The first-order valence-electron chi connectivity index (χ1n) is 4.63. The highest BCUT2D eigenvalue weighted by Gasteiger charge is 2.00. The van der Waals surface area contributed by atoms with Gasteiger partial charge in [-0.3, -0.25) is 0 Å². The average molecular weight is 292 g/mol. The van der Waals surface area contributed by atoms with Crippen LogP contribution in [-0.4, -0.2) is 17.6 Å². The predicted molar refractivity (Wildman–Crippen MR) is 66.4 cm³/mol. The van der Waals surface area contributed by atoms with Crippen LogP contribution in [-0.2, 0) is 6.54 Å². The largest absolute Gasteiger partial charge is 0.409 e. The van der Waals surface area contributed by atoms with Crippen LogP contribution in [0.25, 0.3) is 0 Å². The van der Waals surface area contributed by atoms with Gasteiger partial charge in [-0.15, -0.1) is 11.3 Å². The Labute approximate surface area is 101 Å². The van der Waals surface area contributed by atoms with Gasteiger partial charge in [-0.25, -0.2) is 0 Å². The standard InChI is InChI=1S/C9H14BrN3OS/c10-7-3-5-15-8(7)6-12-4-1-2-9(11)13-14/h3,5,12,14H,1-2,4,6H2,(H2,11,13). The first kappa shape index (κ1) is 12.5. The van der Waals surface area contributed by atoms with Crippen LogP contribution >= 0.6 is 27.3 Å². The number of hydrogen-bond acceptors (Lipinski definition) is 4. The van der Waals surface area contributed by atoms with Gasteiger partial charge >= 0.3 is 0 Å². The average Bonchev–Trinajstić information content (AvgIpc) is 2.63. The number of nitrogens with two attached hydrogens (primary N) is 1. The molecule has 1 heterocycles. The van der Waals surface area contributed by atoms with Crippen LogP contribution in [0.1, 0.15) is 17.7 Å². The molecule has 1 aromatic heterocycles. The van der Waals surface area contributed by atoms with Crippen LogP contribution in [0.3, 0.4) is 0 Å². The van der Waals surface area contributed by atoms with Gasteiger partial charge in [0.1, 0.15) is 5.84 Å². The van der Waals surface area contributed by atoms with E-state index in [-0.39, 0.29) is 5.84 Å². The van der Waals surface area contributed by atoms with Gasteiger partial charge in [0.05, 0.1) is 0 Å². The molecule has 0 saturated carbocycles. The highest BCUT2D eigenvalue weighted by atomic mass is 79.9. The van der Waals surface area contributed by atoms with E-state index in [2.05, 4.69) is 31.8 Å². The Bertz CT molecular complexity index is 327. The zero-order valence-electron chi connectivity index (χ0n) is 8.24. The monoisotopic (exact) mass is 291 g/mol. The summed E-state index contributed by atoms with van der Waals surface area (Å²) >= 11 is 5.19. The van der Waals surface area contributed by atoms with Crippen molar-refractivity contribution >= 4 is 33.1 Å². The normalized spacial score (nSPS) is 11.9. The van der Waals surface area contributed by atoms with Crippen molar-refractivity contribution in [2.24, 2.45) is 10.9 Å². The van der Waals surface area contributed by atoms with Gasteiger partial charge in [0.25, 0.3) is 0 Å². The third-order valence-corrected chi connectivity index (χ3v) is 3.82. The summed E-state index contributed by atoms with van der Waals surface area (Å²) < 4.78 is 1.15. The third kappa shape index (κ3) is 4.63. The highest BCUT2D eigenvalue weighted by molar-refractivity contribution is 9.10. The minimum atomic E-state index is 0.286. The zero-order chi connectivity index (χ0) is 11.1. The molecular formula is C9H14BrN3OS. The van der Waals surface area contributed by atoms with Crippen LogP contribution in [0.4, 0.5) is 0 Å². The van der Waals surface area contributed by atoms with E-state index in [0.717, 1.165) is 24.0 Å². The molecule has 0 aliphatic heterocycles. The van der Waals surface area contributed by atoms with Gasteiger partial charge in [-0.1, -0.05) is 5.16 Å². The number of nitrogens with zero attached hydrogens (tertiary/aromatic N) is 1. The van der Waals surface area contributed by atoms with Crippen LogP contribution in [0.5, 0.6) is 0 Å². The first-order valence-corrected chi connectivity index (χ1v) is 6.30. The van der Waals surface area contributed by atoms with Gasteiger partial charge in [0.2, 0.25) is 0 Å². The quantitative estimate of drug-likeness (QED) is 0.247. The lowest BCUT2D eigenvalue weighted by Gasteiger charge is -2.02. The molecule has 4 nitrogen and oxygen atoms in total. The van der Waals surface area contributed by atoms with Crippen LogP contribution in [0, 0.1) is 0 Å². The summed E-state index contributed by atoms with van der Waals surface area (Å²) in [5, 5.41) is 16.6. The zero-order valence-corrected chi connectivity index (χ0v) is 10.6. The number of amidine groups is 1. The molecule has 1 rings (SSSR count). The van der Waals surface area contributed by atoms with E-state index in [1.807, 2.05) is 6.07 Å². The lowest BCUT2D eigenvalue weighted by atomic mass is 10.3. The first-order chi connectivity index (χ1) is 7.24. The number of nitrogens with one attached hydrogen (secondary N) is 1. The summed E-state index contributed by atoms with van der Waals surface area (Å²) in [6.07, 6.45) is 1.49. The van der Waals surface area contributed by atoms with Crippen molar-refractivity contribution in [3.8, 4) is 0 Å². The molecule has 0 spiro atoms. The molecule has 84 valence electrons. The molecule has 0 atom stereocenters. The van der Waals surface area contributed by atoms with Gasteiger partial charge in [0.15, 0.2) is 0 Å². The van der Waals surface area contributed by atoms with Crippen molar-refractivity contribution in [1.29, 1.82) is 0 Å². The second kappa shape index (κ2) is 6.81. The van der Waals surface area contributed by atoms with E-state index in [1.165, 1.54) is 4.88 Å². The number of oxime groups is 1. The molecule has 0 aliphatic carbocycles. The van der Waals surface area contributed by atoms with Crippen molar-refractivity contribution in [1.82, 2.24) is 5.32 Å². The third-order valence-electron chi connectivity index (χ3n) is 1.89. The number of halogens is 1. The summed E-state index contributed by atoms with van der Waals surface area (Å²) in [4.78, 5) is 1.29. The van der Waals surface area contributed by atoms with Gasteiger partial charge in [-0.05, 0) is 40.3 Å². The Morgan fingerprint density at radius 3 is 3.07 bits per heavy atom. The minimum absolute atomic E-state index is 0.286. The molecule has 1 aromatic rings. The second-order valence-electron chi connectivity index (χ2n) is 3.06. The van der Waals surface area contributed by atoms with Crippen molar-refractivity contribution in [3.05, 3.63) is 20.8 Å². The van der Waals surface area contributed by atoms with E-state index in [1.54, 1.807) is 11.3 Å². The fourth-order valence-electron chi connectivity index (χ4n) is 1.10. The number of hydrogen-bond donors (Lipinski definition) is 3. The van der Waals surface area contributed by atoms with E-state index < -0.39 is 0 Å². The van der Waals surface area contributed by atoms with Gasteiger partial charge in [-0.2, -0.15) is 0 Å². The number of rotatable bonds is 6. The maximum atomic E-state index is 8.32. The maximum Gasteiger partial charge on any atom is 0.139 e. The van der Waals surface area contributed by atoms with Crippen LogP contribution in [0.2, 0.25) is 0 Å². The summed E-state index contributed by atoms with van der Waals surface area (Å²) in [5.41, 5.74) is 5.34. The summed E-state index contributed by atoms with van der Waals surface area (Å²) in [7, 11) is 0. The molecule has 4 N–H and O–H groups in total. The summed E-state index contributed by atoms with van der Waals surface area (Å²) in [6.45, 7) is 1.72. The molecule has 0 bridgehead atoms. The Balaban J connectivity index is 2.10. The molecule has 0 amide bonds. The maximum absolute atomic E-state index is 8.32. The van der Waals surface area contributed by atoms with E-state index >= 15 is 0 Å². The lowest BCUT2D eigenvalue weighted by Crippen LogP contribution is -2.18. The van der Waals surface area contributed by atoms with Gasteiger partial charge < -0.3 is 16.3 Å². The van der Waals surface area contributed by atoms with E-state index in [4.69, 9.17) is 10.9 Å². The number of thiophene rings is 1. The smallest absolute Gasteiger partial charge is 0.139 e. The van der Waals surface area contributed by atoms with E-state index in [9.17, 15) is 0 Å². The Morgan fingerprint density at radius 2 is 2.47 bits per heavy atom. The molecule has 15 heavy (non-hydrogen) atoms. The van der Waals surface area contributed by atoms with Gasteiger partial charge in [0, 0.05) is 22.3 Å². The fourth-order valence-corrected chi connectivity index (χ4v) is 2.56. The Hall–Kier alpha value is -0.590.